The Balaban J connectivity index is 2.51. The Morgan fingerprint density at radius 1 is 1.05 bits per heavy atom. The molecule has 2 aromatic carbocycles. The molecule has 0 fully saturated rings. The molecule has 4 nitrogen and oxygen atoms in total. The van der Waals surface area contributed by atoms with Gasteiger partial charge in [0.1, 0.15) is 4.90 Å². The van der Waals surface area contributed by atoms with E-state index in [0.29, 0.717) is 0 Å². The number of benzene rings is 2. The van der Waals surface area contributed by atoms with Gasteiger partial charge in [0, 0.05) is 5.69 Å². The van der Waals surface area contributed by atoms with E-state index in [4.69, 9.17) is 28.9 Å². The second kappa shape index (κ2) is 5.67. The highest BCUT2D eigenvalue weighted by Gasteiger charge is 2.23. The first kappa shape index (κ1) is 15.8. The van der Waals surface area contributed by atoms with Crippen molar-refractivity contribution in [1.29, 1.82) is 0 Å². The molecule has 3 N–H and O–H groups in total. The van der Waals surface area contributed by atoms with E-state index in [2.05, 4.69) is 0 Å². The minimum Gasteiger partial charge on any atom is -0.399 e. The van der Waals surface area contributed by atoms with Crippen LogP contribution in [0.5, 0.6) is 0 Å². The molecule has 2 aromatic rings. The first-order valence-corrected chi connectivity index (χ1v) is 7.67. The number of hydrogen-bond acceptors (Lipinski definition) is 3. The van der Waals surface area contributed by atoms with Crippen LogP contribution in [-0.2, 0) is 10.0 Å². The number of sulfonamides is 1. The largest absolute Gasteiger partial charge is 0.399 e. The Kier molecular flexibility index (Phi) is 4.27. The number of rotatable bonds is 3. The van der Waals surface area contributed by atoms with Gasteiger partial charge in [0.15, 0.2) is 11.6 Å². The normalized spacial score (nSPS) is 11.4. The molecule has 112 valence electrons. The Morgan fingerprint density at radius 3 is 2.38 bits per heavy atom. The van der Waals surface area contributed by atoms with E-state index in [9.17, 15) is 17.2 Å². The molecule has 9 heteroatoms. The van der Waals surface area contributed by atoms with Gasteiger partial charge < -0.3 is 5.73 Å². The Bertz CT molecular complexity index is 813. The van der Waals surface area contributed by atoms with Crippen LogP contribution in [0.1, 0.15) is 0 Å². The van der Waals surface area contributed by atoms with Crippen molar-refractivity contribution in [2.24, 2.45) is 0 Å². The van der Waals surface area contributed by atoms with Crippen LogP contribution in [0, 0.1) is 11.6 Å². The van der Waals surface area contributed by atoms with Gasteiger partial charge in [0.2, 0.25) is 0 Å². The third-order valence-electron chi connectivity index (χ3n) is 2.50. The molecule has 0 bridgehead atoms. The van der Waals surface area contributed by atoms with Gasteiger partial charge in [0.25, 0.3) is 10.0 Å². The molecule has 2 rings (SSSR count). The molecule has 0 heterocycles. The molecule has 0 atom stereocenters. The van der Waals surface area contributed by atoms with Crippen LogP contribution in [0.15, 0.2) is 35.2 Å². The van der Waals surface area contributed by atoms with Crippen LogP contribution < -0.4 is 10.5 Å². The van der Waals surface area contributed by atoms with Gasteiger partial charge in [-0.05, 0) is 24.3 Å². The van der Waals surface area contributed by atoms with Crippen molar-refractivity contribution < 1.29 is 17.2 Å². The molecule has 0 aliphatic rings. The first-order chi connectivity index (χ1) is 9.72. The molecular formula is C12H8Cl2F2N2O2S. The quantitative estimate of drug-likeness (QED) is 0.828. The van der Waals surface area contributed by atoms with Crippen LogP contribution in [0.2, 0.25) is 10.0 Å². The summed E-state index contributed by atoms with van der Waals surface area (Å²) in [7, 11) is -4.42. The zero-order valence-corrected chi connectivity index (χ0v) is 12.5. The summed E-state index contributed by atoms with van der Waals surface area (Å²) in [6.45, 7) is 0. The van der Waals surface area contributed by atoms with Crippen molar-refractivity contribution >= 4 is 44.6 Å². The van der Waals surface area contributed by atoms with Gasteiger partial charge in [-0.3, -0.25) is 4.72 Å². The Morgan fingerprint density at radius 2 is 1.71 bits per heavy atom. The van der Waals surface area contributed by atoms with E-state index < -0.39 is 37.3 Å². The fourth-order valence-corrected chi connectivity index (χ4v) is 3.21. The van der Waals surface area contributed by atoms with Crippen LogP contribution in [0.3, 0.4) is 0 Å². The van der Waals surface area contributed by atoms with E-state index in [1.54, 1.807) is 0 Å². The minimum atomic E-state index is -4.42. The van der Waals surface area contributed by atoms with Crippen LogP contribution >= 0.6 is 23.2 Å². The molecule has 0 radical (unpaired) electrons. The SMILES string of the molecule is Nc1cc(Cl)c(F)c(S(=O)(=O)Nc2cccc(Cl)c2F)c1. The average molecular weight is 353 g/mol. The molecule has 0 aliphatic heterocycles. The summed E-state index contributed by atoms with van der Waals surface area (Å²) in [6, 6.07) is 5.67. The third-order valence-corrected chi connectivity index (χ3v) is 4.43. The van der Waals surface area contributed by atoms with Gasteiger partial charge in [-0.2, -0.15) is 0 Å². The lowest BCUT2D eigenvalue weighted by Crippen LogP contribution is -2.16. The summed E-state index contributed by atoms with van der Waals surface area (Å²) in [6.07, 6.45) is 0. The van der Waals surface area contributed by atoms with Crippen molar-refractivity contribution in [3.05, 3.63) is 52.0 Å². The van der Waals surface area contributed by atoms with Gasteiger partial charge in [-0.15, -0.1) is 0 Å². The van der Waals surface area contributed by atoms with Gasteiger partial charge in [0.05, 0.1) is 15.7 Å². The standard InChI is InChI=1S/C12H8Cl2F2N2O2S/c13-7-2-1-3-9(11(7)15)18-21(19,20)10-5-6(17)4-8(14)12(10)16/h1-5,18H,17H2. The second-order valence-electron chi connectivity index (χ2n) is 4.02. The van der Waals surface area contributed by atoms with Gasteiger partial charge in [-0.1, -0.05) is 29.3 Å². The van der Waals surface area contributed by atoms with Crippen LogP contribution in [0.25, 0.3) is 0 Å². The number of nitrogens with one attached hydrogen (secondary N) is 1. The van der Waals surface area contributed by atoms with Gasteiger partial charge >= 0.3 is 0 Å². The maximum atomic E-state index is 13.8. The van der Waals surface area contributed by atoms with Crippen molar-refractivity contribution in [1.82, 2.24) is 0 Å². The predicted octanol–water partition coefficient (Wildman–Crippen LogP) is 3.65. The average Bonchev–Trinajstić information content (AvgIpc) is 2.39. The van der Waals surface area contributed by atoms with Crippen molar-refractivity contribution in [3.8, 4) is 0 Å². The van der Waals surface area contributed by atoms with Crippen molar-refractivity contribution in [3.63, 3.8) is 0 Å². The number of halogens is 4. The van der Waals surface area contributed by atoms with E-state index >= 15 is 0 Å². The predicted molar refractivity (Wildman–Crippen MR) is 78.0 cm³/mol. The van der Waals surface area contributed by atoms with Gasteiger partial charge in [-0.25, -0.2) is 17.2 Å². The summed E-state index contributed by atoms with van der Waals surface area (Å²) in [5, 5.41) is -0.733. The maximum absolute atomic E-state index is 13.8. The first-order valence-electron chi connectivity index (χ1n) is 5.43. The van der Waals surface area contributed by atoms with Crippen molar-refractivity contribution in [2.75, 3.05) is 10.5 Å². The zero-order valence-electron chi connectivity index (χ0n) is 10.2. The summed E-state index contributed by atoms with van der Waals surface area (Å²) >= 11 is 11.1. The molecular weight excluding hydrogens is 345 g/mol. The van der Waals surface area contributed by atoms with E-state index in [0.717, 1.165) is 18.2 Å². The fourth-order valence-electron chi connectivity index (χ4n) is 1.56. The topological polar surface area (TPSA) is 72.2 Å². The number of nitrogens with two attached hydrogens (primary N) is 1. The molecule has 0 saturated carbocycles. The zero-order chi connectivity index (χ0) is 15.8. The van der Waals surface area contributed by atoms with Crippen molar-refractivity contribution in [2.45, 2.75) is 4.90 Å². The highest BCUT2D eigenvalue weighted by atomic mass is 35.5. The summed E-state index contributed by atoms with van der Waals surface area (Å²) in [4.78, 5) is -0.785. The number of hydrogen-bond donors (Lipinski definition) is 2. The third kappa shape index (κ3) is 3.20. The number of anilines is 2. The molecule has 0 amide bonds. The summed E-state index contributed by atoms with van der Waals surface area (Å²) < 4.78 is 53.7. The smallest absolute Gasteiger partial charge is 0.265 e. The minimum absolute atomic E-state index is 0.0478. The lowest BCUT2D eigenvalue weighted by molar-refractivity contribution is 0.570. The van der Waals surface area contributed by atoms with E-state index in [1.807, 2.05) is 4.72 Å². The highest BCUT2D eigenvalue weighted by molar-refractivity contribution is 7.92. The molecule has 0 spiro atoms. The lowest BCUT2D eigenvalue weighted by Gasteiger charge is -2.11. The second-order valence-corrected chi connectivity index (χ2v) is 6.49. The monoisotopic (exact) mass is 352 g/mol. The molecule has 0 unspecified atom stereocenters. The van der Waals surface area contributed by atoms with Crippen LogP contribution in [-0.4, -0.2) is 8.42 Å². The maximum Gasteiger partial charge on any atom is 0.265 e. The highest BCUT2D eigenvalue weighted by Crippen LogP contribution is 2.29. The number of nitrogen functional groups attached to an aromatic ring is 1. The molecule has 21 heavy (non-hydrogen) atoms. The lowest BCUT2D eigenvalue weighted by atomic mass is 10.3. The Labute approximate surface area is 129 Å². The molecule has 0 aromatic heterocycles. The Hall–Kier alpha value is -1.57. The molecule has 0 aliphatic carbocycles. The summed E-state index contributed by atoms with van der Waals surface area (Å²) in [5.74, 6) is -2.15. The van der Waals surface area contributed by atoms with Crippen LogP contribution in [0.4, 0.5) is 20.2 Å². The van der Waals surface area contributed by atoms with E-state index in [-0.39, 0.29) is 10.7 Å². The molecule has 0 saturated heterocycles. The van der Waals surface area contributed by atoms with E-state index in [1.165, 1.54) is 12.1 Å². The summed E-state index contributed by atoms with van der Waals surface area (Å²) in [5.41, 5.74) is 4.97. The fraction of sp³-hybridized carbons (Fsp3) is 0.